The molecule has 5 heteroatoms. The Hall–Kier alpha value is -1.75. The minimum atomic E-state index is 0.0935. The zero-order valence-electron chi connectivity index (χ0n) is 11.7. The van der Waals surface area contributed by atoms with Crippen molar-refractivity contribution >= 4 is 5.91 Å². The quantitative estimate of drug-likeness (QED) is 0.736. The standard InChI is InChI=1S/C15H22N2O3/c16-7-2-1-3-15(18)17-8-6-12-4-5-13-14(11-12)20-10-9-19-13/h4-5,11H,1-3,6-10,16H2,(H,17,18). The van der Waals surface area contributed by atoms with Crippen molar-refractivity contribution in [2.45, 2.75) is 25.7 Å². The van der Waals surface area contributed by atoms with Crippen molar-refractivity contribution < 1.29 is 14.3 Å². The Kier molecular flexibility index (Phi) is 5.68. The second-order valence-electron chi connectivity index (χ2n) is 4.82. The summed E-state index contributed by atoms with van der Waals surface area (Å²) in [5, 5.41) is 2.92. The van der Waals surface area contributed by atoms with E-state index in [2.05, 4.69) is 5.32 Å². The first-order chi connectivity index (χ1) is 9.79. The fourth-order valence-electron chi connectivity index (χ4n) is 2.11. The van der Waals surface area contributed by atoms with Crippen molar-refractivity contribution in [2.24, 2.45) is 5.73 Å². The highest BCUT2D eigenvalue weighted by Gasteiger charge is 2.11. The molecule has 1 aromatic rings. The minimum Gasteiger partial charge on any atom is -0.486 e. The first kappa shape index (κ1) is 14.7. The summed E-state index contributed by atoms with van der Waals surface area (Å²) in [5.74, 6) is 1.69. The summed E-state index contributed by atoms with van der Waals surface area (Å²) in [6.07, 6.45) is 3.10. The molecular weight excluding hydrogens is 256 g/mol. The molecule has 0 aromatic heterocycles. The van der Waals surface area contributed by atoms with Gasteiger partial charge in [-0.3, -0.25) is 4.79 Å². The Labute approximate surface area is 119 Å². The van der Waals surface area contributed by atoms with Crippen molar-refractivity contribution in [1.29, 1.82) is 0 Å². The highest BCUT2D eigenvalue weighted by molar-refractivity contribution is 5.75. The molecule has 0 fully saturated rings. The van der Waals surface area contributed by atoms with Gasteiger partial charge in [0, 0.05) is 13.0 Å². The average Bonchev–Trinajstić information content (AvgIpc) is 2.47. The second-order valence-corrected chi connectivity index (χ2v) is 4.82. The van der Waals surface area contributed by atoms with Gasteiger partial charge >= 0.3 is 0 Å². The average molecular weight is 278 g/mol. The number of carbonyl (C=O) groups is 1. The maximum absolute atomic E-state index is 11.5. The van der Waals surface area contributed by atoms with E-state index in [9.17, 15) is 4.79 Å². The number of carbonyl (C=O) groups excluding carboxylic acids is 1. The van der Waals surface area contributed by atoms with Crippen molar-refractivity contribution in [2.75, 3.05) is 26.3 Å². The fourth-order valence-corrected chi connectivity index (χ4v) is 2.11. The number of rotatable bonds is 7. The van der Waals surface area contributed by atoms with E-state index >= 15 is 0 Å². The van der Waals surface area contributed by atoms with Crippen LogP contribution in [0.5, 0.6) is 11.5 Å². The lowest BCUT2D eigenvalue weighted by molar-refractivity contribution is -0.121. The van der Waals surface area contributed by atoms with Gasteiger partial charge in [-0.25, -0.2) is 0 Å². The summed E-state index contributed by atoms with van der Waals surface area (Å²) in [7, 11) is 0. The zero-order valence-corrected chi connectivity index (χ0v) is 11.7. The molecule has 0 aliphatic carbocycles. The lowest BCUT2D eigenvalue weighted by atomic mass is 10.1. The number of nitrogens with two attached hydrogens (primary N) is 1. The molecule has 0 radical (unpaired) electrons. The van der Waals surface area contributed by atoms with E-state index in [4.69, 9.17) is 15.2 Å². The van der Waals surface area contributed by atoms with Gasteiger partial charge in [-0.2, -0.15) is 0 Å². The van der Waals surface area contributed by atoms with Crippen molar-refractivity contribution in [3.63, 3.8) is 0 Å². The number of hydrogen-bond acceptors (Lipinski definition) is 4. The van der Waals surface area contributed by atoms with Gasteiger partial charge in [0.15, 0.2) is 11.5 Å². The molecule has 5 nitrogen and oxygen atoms in total. The van der Waals surface area contributed by atoms with E-state index in [0.29, 0.717) is 32.7 Å². The van der Waals surface area contributed by atoms with Crippen molar-refractivity contribution in [3.05, 3.63) is 23.8 Å². The Balaban J connectivity index is 1.72. The zero-order chi connectivity index (χ0) is 14.2. The van der Waals surface area contributed by atoms with Gasteiger partial charge in [0.1, 0.15) is 13.2 Å². The van der Waals surface area contributed by atoms with Gasteiger partial charge in [0.05, 0.1) is 0 Å². The molecule has 0 bridgehead atoms. The van der Waals surface area contributed by atoms with Crippen LogP contribution in [-0.4, -0.2) is 32.2 Å². The molecule has 1 amide bonds. The van der Waals surface area contributed by atoms with Gasteiger partial charge in [0.25, 0.3) is 0 Å². The number of hydrogen-bond donors (Lipinski definition) is 2. The molecule has 2 rings (SSSR count). The van der Waals surface area contributed by atoms with E-state index < -0.39 is 0 Å². The van der Waals surface area contributed by atoms with Crippen LogP contribution in [0.4, 0.5) is 0 Å². The number of unbranched alkanes of at least 4 members (excludes halogenated alkanes) is 1. The molecule has 3 N–H and O–H groups in total. The summed E-state index contributed by atoms with van der Waals surface area (Å²) < 4.78 is 11.0. The summed E-state index contributed by atoms with van der Waals surface area (Å²) in [5.41, 5.74) is 6.53. The summed E-state index contributed by atoms with van der Waals surface area (Å²) in [6, 6.07) is 5.91. The highest BCUT2D eigenvalue weighted by Crippen LogP contribution is 2.30. The van der Waals surface area contributed by atoms with Crippen LogP contribution in [0.1, 0.15) is 24.8 Å². The van der Waals surface area contributed by atoms with E-state index in [1.54, 1.807) is 0 Å². The Bertz CT molecular complexity index is 449. The van der Waals surface area contributed by atoms with Gasteiger partial charge in [-0.05, 0) is 43.5 Å². The van der Waals surface area contributed by atoms with Crippen LogP contribution in [0.15, 0.2) is 18.2 Å². The molecule has 1 aromatic carbocycles. The largest absolute Gasteiger partial charge is 0.486 e. The Morgan fingerprint density at radius 1 is 1.20 bits per heavy atom. The van der Waals surface area contributed by atoms with E-state index in [1.165, 1.54) is 0 Å². The van der Waals surface area contributed by atoms with Crippen molar-refractivity contribution in [1.82, 2.24) is 5.32 Å². The summed E-state index contributed by atoms with van der Waals surface area (Å²) >= 11 is 0. The van der Waals surface area contributed by atoms with Gasteiger partial charge in [-0.1, -0.05) is 6.07 Å². The predicted octanol–water partition coefficient (Wildman–Crippen LogP) is 1.25. The van der Waals surface area contributed by atoms with Crippen molar-refractivity contribution in [3.8, 4) is 11.5 Å². The molecular formula is C15H22N2O3. The number of ether oxygens (including phenoxy) is 2. The highest BCUT2D eigenvalue weighted by atomic mass is 16.6. The molecule has 1 aliphatic rings. The van der Waals surface area contributed by atoms with Gasteiger partial charge in [0.2, 0.25) is 5.91 Å². The van der Waals surface area contributed by atoms with Gasteiger partial charge < -0.3 is 20.5 Å². The third kappa shape index (κ3) is 4.42. The normalized spacial score (nSPS) is 13.1. The maximum Gasteiger partial charge on any atom is 0.220 e. The van der Waals surface area contributed by atoms with Crippen LogP contribution < -0.4 is 20.5 Å². The summed E-state index contributed by atoms with van der Waals surface area (Å²) in [4.78, 5) is 11.5. The third-order valence-corrected chi connectivity index (χ3v) is 3.20. The van der Waals surface area contributed by atoms with E-state index in [0.717, 1.165) is 36.3 Å². The first-order valence-corrected chi connectivity index (χ1v) is 7.15. The van der Waals surface area contributed by atoms with E-state index in [1.807, 2.05) is 18.2 Å². The Morgan fingerprint density at radius 3 is 2.80 bits per heavy atom. The van der Waals surface area contributed by atoms with Crippen LogP contribution in [0, 0.1) is 0 Å². The monoisotopic (exact) mass is 278 g/mol. The topological polar surface area (TPSA) is 73.6 Å². The molecule has 0 spiro atoms. The fraction of sp³-hybridized carbons (Fsp3) is 0.533. The lowest BCUT2D eigenvalue weighted by Gasteiger charge is -2.18. The van der Waals surface area contributed by atoms with Crippen LogP contribution >= 0.6 is 0 Å². The first-order valence-electron chi connectivity index (χ1n) is 7.15. The number of nitrogens with one attached hydrogen (secondary N) is 1. The number of amides is 1. The molecule has 0 saturated heterocycles. The molecule has 0 unspecified atom stereocenters. The molecule has 1 heterocycles. The predicted molar refractivity (Wildman–Crippen MR) is 77.1 cm³/mol. The van der Waals surface area contributed by atoms with Gasteiger partial charge in [-0.15, -0.1) is 0 Å². The van der Waals surface area contributed by atoms with Crippen LogP contribution in [-0.2, 0) is 11.2 Å². The SMILES string of the molecule is NCCCCC(=O)NCCc1ccc2c(c1)OCCO2. The van der Waals surface area contributed by atoms with E-state index in [-0.39, 0.29) is 5.91 Å². The third-order valence-electron chi connectivity index (χ3n) is 3.20. The Morgan fingerprint density at radius 2 is 2.00 bits per heavy atom. The second kappa shape index (κ2) is 7.75. The van der Waals surface area contributed by atoms with Crippen LogP contribution in [0.3, 0.4) is 0 Å². The molecule has 20 heavy (non-hydrogen) atoms. The maximum atomic E-state index is 11.5. The summed E-state index contributed by atoms with van der Waals surface area (Å²) in [6.45, 7) is 2.48. The smallest absolute Gasteiger partial charge is 0.220 e. The number of fused-ring (bicyclic) bond motifs is 1. The van der Waals surface area contributed by atoms with Crippen LogP contribution in [0.2, 0.25) is 0 Å². The lowest BCUT2D eigenvalue weighted by Crippen LogP contribution is -2.25. The molecule has 0 saturated carbocycles. The number of benzene rings is 1. The molecule has 110 valence electrons. The molecule has 0 atom stereocenters. The van der Waals surface area contributed by atoms with Crippen LogP contribution in [0.25, 0.3) is 0 Å². The minimum absolute atomic E-state index is 0.0935. The molecule has 1 aliphatic heterocycles.